The lowest BCUT2D eigenvalue weighted by Crippen LogP contribution is -2.53. The fourth-order valence-electron chi connectivity index (χ4n) is 4.61. The quantitative estimate of drug-likeness (QED) is 0.836. The molecule has 134 valence electrons. The zero-order valence-electron chi connectivity index (χ0n) is 15.6. The summed E-state index contributed by atoms with van der Waals surface area (Å²) < 4.78 is 2.25. The van der Waals surface area contributed by atoms with Gasteiger partial charge in [0.15, 0.2) is 0 Å². The Hall–Kier alpha value is -1.65. The number of rotatable bonds is 5. The summed E-state index contributed by atoms with van der Waals surface area (Å²) in [5.41, 5.74) is 3.23. The summed E-state index contributed by atoms with van der Waals surface area (Å²) in [6.07, 6.45) is 9.52. The molecule has 0 amide bonds. The first-order valence-corrected chi connectivity index (χ1v) is 9.56. The molecule has 1 spiro atoms. The predicted molar refractivity (Wildman–Crippen MR) is 101 cm³/mol. The number of likely N-dealkylation sites (tertiary alicyclic amines) is 1. The first kappa shape index (κ1) is 16.8. The van der Waals surface area contributed by atoms with Crippen molar-refractivity contribution in [3.05, 3.63) is 54.1 Å². The van der Waals surface area contributed by atoms with Gasteiger partial charge in [-0.25, -0.2) is 0 Å². The highest BCUT2D eigenvalue weighted by Gasteiger charge is 2.46. The molecule has 25 heavy (non-hydrogen) atoms. The molecule has 2 aliphatic rings. The third-order valence-electron chi connectivity index (χ3n) is 6.45. The maximum absolute atomic E-state index is 4.47. The molecule has 0 bridgehead atoms. The van der Waals surface area contributed by atoms with Gasteiger partial charge in [-0.05, 0) is 75.5 Å². The number of hydrogen-bond acceptors (Lipinski definition) is 3. The van der Waals surface area contributed by atoms with Crippen LogP contribution in [0.5, 0.6) is 0 Å². The second-order valence-electron chi connectivity index (χ2n) is 8.18. The van der Waals surface area contributed by atoms with Crippen molar-refractivity contribution in [3.8, 4) is 0 Å². The van der Waals surface area contributed by atoms with Crippen LogP contribution in [0.4, 0.5) is 0 Å². The van der Waals surface area contributed by atoms with E-state index < -0.39 is 0 Å². The van der Waals surface area contributed by atoms with E-state index in [4.69, 9.17) is 0 Å². The molecule has 2 aromatic heterocycles. The van der Waals surface area contributed by atoms with E-state index in [1.165, 1.54) is 50.2 Å². The molecule has 0 aromatic carbocycles. The van der Waals surface area contributed by atoms with Gasteiger partial charge in [0.1, 0.15) is 0 Å². The first-order chi connectivity index (χ1) is 12.1. The highest BCUT2D eigenvalue weighted by molar-refractivity contribution is 5.08. The second kappa shape index (κ2) is 6.93. The van der Waals surface area contributed by atoms with Crippen molar-refractivity contribution in [2.45, 2.75) is 44.8 Å². The summed E-state index contributed by atoms with van der Waals surface area (Å²) in [4.78, 5) is 9.60. The van der Waals surface area contributed by atoms with Gasteiger partial charge in [-0.1, -0.05) is 6.07 Å². The van der Waals surface area contributed by atoms with Crippen LogP contribution in [-0.2, 0) is 20.1 Å². The number of piperidine rings is 1. The molecule has 0 unspecified atom stereocenters. The zero-order chi connectivity index (χ0) is 17.3. The van der Waals surface area contributed by atoms with Gasteiger partial charge in [0, 0.05) is 44.3 Å². The van der Waals surface area contributed by atoms with Gasteiger partial charge in [0.2, 0.25) is 0 Å². The summed E-state index contributed by atoms with van der Waals surface area (Å²) >= 11 is 0. The number of aromatic nitrogens is 2. The SMILES string of the molecule is CN(Cc1ccccn1)C1CC2(CCN(Cc3cccn3C)CC2)C1. The van der Waals surface area contributed by atoms with Crippen LogP contribution in [0.3, 0.4) is 0 Å². The van der Waals surface area contributed by atoms with Crippen molar-refractivity contribution in [1.82, 2.24) is 19.4 Å². The monoisotopic (exact) mass is 338 g/mol. The average molecular weight is 338 g/mol. The molecule has 0 atom stereocenters. The molecule has 1 aliphatic carbocycles. The molecule has 4 nitrogen and oxygen atoms in total. The van der Waals surface area contributed by atoms with E-state index in [0.717, 1.165) is 19.1 Å². The van der Waals surface area contributed by atoms with Crippen LogP contribution < -0.4 is 0 Å². The van der Waals surface area contributed by atoms with Crippen molar-refractivity contribution >= 4 is 0 Å². The van der Waals surface area contributed by atoms with Crippen LogP contribution in [0.1, 0.15) is 37.1 Å². The van der Waals surface area contributed by atoms with Crippen LogP contribution in [0, 0.1) is 5.41 Å². The molecule has 3 heterocycles. The Kier molecular flexibility index (Phi) is 4.65. The smallest absolute Gasteiger partial charge is 0.0543 e. The van der Waals surface area contributed by atoms with Crippen molar-refractivity contribution in [3.63, 3.8) is 0 Å². The first-order valence-electron chi connectivity index (χ1n) is 9.56. The standard InChI is InChI=1S/C21H30N4/c1-23-11-5-7-19(23)17-25-12-8-21(9-13-25)14-20(15-21)24(2)16-18-6-3-4-10-22-18/h3-7,10-11,20H,8-9,12-17H2,1-2H3. The summed E-state index contributed by atoms with van der Waals surface area (Å²) in [6, 6.07) is 11.3. The molecule has 0 N–H and O–H groups in total. The Labute approximate surface area is 151 Å². The summed E-state index contributed by atoms with van der Waals surface area (Å²) in [6.45, 7) is 4.58. The molecular formula is C21H30N4. The fraction of sp³-hybridized carbons (Fsp3) is 0.571. The largest absolute Gasteiger partial charge is 0.353 e. The predicted octanol–water partition coefficient (Wildman–Crippen LogP) is 3.30. The van der Waals surface area contributed by atoms with Crippen LogP contribution >= 0.6 is 0 Å². The van der Waals surface area contributed by atoms with Gasteiger partial charge >= 0.3 is 0 Å². The lowest BCUT2D eigenvalue weighted by molar-refractivity contribution is -0.0391. The Bertz CT molecular complexity index is 677. The normalized spacial score (nSPS) is 20.9. The highest BCUT2D eigenvalue weighted by Crippen LogP contribution is 2.50. The maximum Gasteiger partial charge on any atom is 0.0543 e. The second-order valence-corrected chi connectivity index (χ2v) is 8.18. The Balaban J connectivity index is 1.24. The van der Waals surface area contributed by atoms with Crippen LogP contribution in [-0.4, -0.2) is 45.5 Å². The molecule has 1 saturated heterocycles. The van der Waals surface area contributed by atoms with Crippen LogP contribution in [0.2, 0.25) is 0 Å². The molecule has 1 aliphatic heterocycles. The molecule has 4 heteroatoms. The topological polar surface area (TPSA) is 24.3 Å². The number of nitrogens with zero attached hydrogens (tertiary/aromatic N) is 4. The van der Waals surface area contributed by atoms with Crippen LogP contribution in [0.25, 0.3) is 0 Å². The van der Waals surface area contributed by atoms with E-state index in [0.29, 0.717) is 5.41 Å². The number of hydrogen-bond donors (Lipinski definition) is 0. The van der Waals surface area contributed by atoms with Crippen molar-refractivity contribution in [1.29, 1.82) is 0 Å². The third-order valence-corrected chi connectivity index (χ3v) is 6.45. The zero-order valence-corrected chi connectivity index (χ0v) is 15.6. The molecular weight excluding hydrogens is 308 g/mol. The molecule has 4 rings (SSSR count). The summed E-state index contributed by atoms with van der Waals surface area (Å²) in [5.74, 6) is 0. The molecule has 1 saturated carbocycles. The van der Waals surface area contributed by atoms with Gasteiger partial charge < -0.3 is 4.57 Å². The van der Waals surface area contributed by atoms with Crippen molar-refractivity contribution in [2.24, 2.45) is 12.5 Å². The van der Waals surface area contributed by atoms with E-state index >= 15 is 0 Å². The Morgan fingerprint density at radius 1 is 1.16 bits per heavy atom. The summed E-state index contributed by atoms with van der Waals surface area (Å²) in [5, 5.41) is 0. The van der Waals surface area contributed by atoms with E-state index in [1.807, 2.05) is 12.3 Å². The van der Waals surface area contributed by atoms with Crippen molar-refractivity contribution in [2.75, 3.05) is 20.1 Å². The van der Waals surface area contributed by atoms with Gasteiger partial charge in [0.25, 0.3) is 0 Å². The molecule has 2 fully saturated rings. The van der Waals surface area contributed by atoms with Gasteiger partial charge in [0.05, 0.1) is 5.69 Å². The third kappa shape index (κ3) is 3.65. The van der Waals surface area contributed by atoms with E-state index in [-0.39, 0.29) is 0 Å². The minimum Gasteiger partial charge on any atom is -0.353 e. The van der Waals surface area contributed by atoms with Crippen molar-refractivity contribution < 1.29 is 0 Å². The lowest BCUT2D eigenvalue weighted by Gasteiger charge is -2.54. The molecule has 2 aromatic rings. The minimum absolute atomic E-state index is 0.619. The van der Waals surface area contributed by atoms with Gasteiger partial charge in [-0.3, -0.25) is 14.8 Å². The highest BCUT2D eigenvalue weighted by atomic mass is 15.2. The number of pyridine rings is 1. The number of aryl methyl sites for hydroxylation is 1. The van der Waals surface area contributed by atoms with Gasteiger partial charge in [-0.15, -0.1) is 0 Å². The Morgan fingerprint density at radius 2 is 1.96 bits per heavy atom. The van der Waals surface area contributed by atoms with Gasteiger partial charge in [-0.2, -0.15) is 0 Å². The van der Waals surface area contributed by atoms with E-state index in [9.17, 15) is 0 Å². The fourth-order valence-corrected chi connectivity index (χ4v) is 4.61. The van der Waals surface area contributed by atoms with E-state index in [1.54, 1.807) is 0 Å². The Morgan fingerprint density at radius 3 is 2.60 bits per heavy atom. The van der Waals surface area contributed by atoms with Crippen LogP contribution in [0.15, 0.2) is 42.7 Å². The average Bonchev–Trinajstić information content (AvgIpc) is 2.99. The maximum atomic E-state index is 4.47. The van der Waals surface area contributed by atoms with E-state index in [2.05, 4.69) is 63.9 Å². The summed E-state index contributed by atoms with van der Waals surface area (Å²) in [7, 11) is 4.41. The lowest BCUT2D eigenvalue weighted by atomic mass is 9.60. The molecule has 0 radical (unpaired) electrons. The minimum atomic E-state index is 0.619.